The second kappa shape index (κ2) is 8.00. The lowest BCUT2D eigenvalue weighted by atomic mass is 9.97. The monoisotopic (exact) mass is 351 g/mol. The van der Waals surface area contributed by atoms with Crippen LogP contribution in [0.15, 0.2) is 54.6 Å². The Balaban J connectivity index is 1.71. The van der Waals surface area contributed by atoms with E-state index in [2.05, 4.69) is 42.6 Å². The number of nitrogens with one attached hydrogen (secondary N) is 1. The Morgan fingerprint density at radius 2 is 1.50 bits per heavy atom. The zero-order valence-corrected chi connectivity index (χ0v) is 15.7. The molecule has 1 unspecified atom stereocenters. The van der Waals surface area contributed by atoms with Crippen molar-refractivity contribution in [2.24, 2.45) is 0 Å². The number of fused-ring (bicyclic) bond motifs is 1. The van der Waals surface area contributed by atoms with Crippen molar-refractivity contribution in [1.29, 1.82) is 0 Å². The highest BCUT2D eigenvalue weighted by atomic mass is 16.5. The van der Waals surface area contributed by atoms with Crippen molar-refractivity contribution in [3.05, 3.63) is 60.2 Å². The Hall–Kier alpha value is -2.88. The summed E-state index contributed by atoms with van der Waals surface area (Å²) in [4.78, 5) is 0. The summed E-state index contributed by atoms with van der Waals surface area (Å²) >= 11 is 0. The van der Waals surface area contributed by atoms with Crippen molar-refractivity contribution in [3.8, 4) is 17.2 Å². The molecule has 0 radical (unpaired) electrons. The van der Waals surface area contributed by atoms with Gasteiger partial charge in [-0.2, -0.15) is 0 Å². The van der Waals surface area contributed by atoms with E-state index in [1.54, 1.807) is 21.3 Å². The van der Waals surface area contributed by atoms with Gasteiger partial charge < -0.3 is 19.5 Å². The Bertz CT molecular complexity index is 892. The SMILES string of the molecule is COc1ccc2cc(C(C)CNc3ccc(OC)c(OC)c3)ccc2c1. The maximum absolute atomic E-state index is 5.36. The molecule has 3 aromatic carbocycles. The van der Waals surface area contributed by atoms with Crippen LogP contribution >= 0.6 is 0 Å². The van der Waals surface area contributed by atoms with Gasteiger partial charge in [0.25, 0.3) is 0 Å². The lowest BCUT2D eigenvalue weighted by Gasteiger charge is -2.16. The number of anilines is 1. The molecule has 0 spiro atoms. The third-order valence-electron chi connectivity index (χ3n) is 4.64. The minimum absolute atomic E-state index is 0.370. The van der Waals surface area contributed by atoms with E-state index in [1.807, 2.05) is 24.3 Å². The molecule has 0 saturated carbocycles. The average Bonchev–Trinajstić information content (AvgIpc) is 2.70. The van der Waals surface area contributed by atoms with Crippen molar-refractivity contribution >= 4 is 16.5 Å². The fourth-order valence-corrected chi connectivity index (χ4v) is 3.01. The topological polar surface area (TPSA) is 39.7 Å². The van der Waals surface area contributed by atoms with E-state index in [4.69, 9.17) is 14.2 Å². The molecule has 0 aliphatic rings. The minimum atomic E-state index is 0.370. The largest absolute Gasteiger partial charge is 0.497 e. The van der Waals surface area contributed by atoms with Crippen LogP contribution in [0.25, 0.3) is 10.8 Å². The van der Waals surface area contributed by atoms with Gasteiger partial charge in [0.1, 0.15) is 5.75 Å². The molecule has 136 valence electrons. The third-order valence-corrected chi connectivity index (χ3v) is 4.64. The predicted octanol–water partition coefficient (Wildman–Crippen LogP) is 5.08. The van der Waals surface area contributed by atoms with Gasteiger partial charge in [-0.15, -0.1) is 0 Å². The highest BCUT2D eigenvalue weighted by Gasteiger charge is 2.09. The Labute approximate surface area is 154 Å². The van der Waals surface area contributed by atoms with Gasteiger partial charge in [0.05, 0.1) is 21.3 Å². The summed E-state index contributed by atoms with van der Waals surface area (Å²) in [5.41, 5.74) is 2.32. The van der Waals surface area contributed by atoms with Crippen molar-refractivity contribution in [1.82, 2.24) is 0 Å². The van der Waals surface area contributed by atoms with Gasteiger partial charge in [-0.05, 0) is 46.5 Å². The summed E-state index contributed by atoms with van der Waals surface area (Å²) in [5.74, 6) is 2.71. The molecule has 0 saturated heterocycles. The van der Waals surface area contributed by atoms with Crippen LogP contribution in [0.2, 0.25) is 0 Å². The van der Waals surface area contributed by atoms with Crippen LogP contribution in [0.3, 0.4) is 0 Å². The molecule has 0 aromatic heterocycles. The van der Waals surface area contributed by atoms with Crippen LogP contribution in [0.5, 0.6) is 17.2 Å². The standard InChI is InChI=1S/C22H25NO3/c1-15(14-23-19-8-10-21(25-3)22(13-19)26-4)16-5-6-18-12-20(24-2)9-7-17(18)11-16/h5-13,15,23H,14H2,1-4H3. The van der Waals surface area contributed by atoms with Gasteiger partial charge in [0, 0.05) is 18.3 Å². The molecule has 0 amide bonds. The van der Waals surface area contributed by atoms with Gasteiger partial charge in [-0.25, -0.2) is 0 Å². The summed E-state index contributed by atoms with van der Waals surface area (Å²) in [6, 6.07) is 18.6. The molecule has 0 heterocycles. The molecule has 4 nitrogen and oxygen atoms in total. The predicted molar refractivity (Wildman–Crippen MR) is 107 cm³/mol. The molecule has 0 aliphatic carbocycles. The van der Waals surface area contributed by atoms with Crippen LogP contribution in [0.4, 0.5) is 5.69 Å². The number of hydrogen-bond acceptors (Lipinski definition) is 4. The zero-order chi connectivity index (χ0) is 18.5. The van der Waals surface area contributed by atoms with Crippen molar-refractivity contribution < 1.29 is 14.2 Å². The quantitative estimate of drug-likeness (QED) is 0.644. The van der Waals surface area contributed by atoms with Gasteiger partial charge in [-0.3, -0.25) is 0 Å². The number of benzene rings is 3. The molecule has 3 rings (SSSR count). The Morgan fingerprint density at radius 3 is 2.23 bits per heavy atom. The second-order valence-electron chi connectivity index (χ2n) is 6.32. The fraction of sp³-hybridized carbons (Fsp3) is 0.273. The first-order valence-electron chi connectivity index (χ1n) is 8.68. The van der Waals surface area contributed by atoms with Crippen LogP contribution in [-0.2, 0) is 0 Å². The zero-order valence-electron chi connectivity index (χ0n) is 15.7. The van der Waals surface area contributed by atoms with Crippen molar-refractivity contribution in [3.63, 3.8) is 0 Å². The summed E-state index contributed by atoms with van der Waals surface area (Å²) in [6.07, 6.45) is 0. The molecule has 1 N–H and O–H groups in total. The fourth-order valence-electron chi connectivity index (χ4n) is 3.01. The van der Waals surface area contributed by atoms with E-state index in [9.17, 15) is 0 Å². The highest BCUT2D eigenvalue weighted by Crippen LogP contribution is 2.30. The van der Waals surface area contributed by atoms with Gasteiger partial charge in [0.2, 0.25) is 0 Å². The first kappa shape index (κ1) is 17.9. The molecule has 0 aliphatic heterocycles. The maximum atomic E-state index is 5.36. The summed E-state index contributed by atoms with van der Waals surface area (Å²) in [7, 11) is 4.98. The van der Waals surface area contributed by atoms with Crippen LogP contribution < -0.4 is 19.5 Å². The molecule has 0 fully saturated rings. The van der Waals surface area contributed by atoms with E-state index < -0.39 is 0 Å². The molecule has 4 heteroatoms. The van der Waals surface area contributed by atoms with E-state index in [0.717, 1.165) is 29.5 Å². The number of hydrogen-bond donors (Lipinski definition) is 1. The second-order valence-corrected chi connectivity index (χ2v) is 6.32. The molecule has 26 heavy (non-hydrogen) atoms. The summed E-state index contributed by atoms with van der Waals surface area (Å²) < 4.78 is 15.9. The maximum Gasteiger partial charge on any atom is 0.162 e. The smallest absolute Gasteiger partial charge is 0.162 e. The van der Waals surface area contributed by atoms with Crippen molar-refractivity contribution in [2.45, 2.75) is 12.8 Å². The number of rotatable bonds is 7. The van der Waals surface area contributed by atoms with E-state index >= 15 is 0 Å². The molecule has 3 aromatic rings. The van der Waals surface area contributed by atoms with Gasteiger partial charge in [-0.1, -0.05) is 31.2 Å². The lowest BCUT2D eigenvalue weighted by molar-refractivity contribution is 0.355. The average molecular weight is 351 g/mol. The molecule has 0 bridgehead atoms. The highest BCUT2D eigenvalue weighted by molar-refractivity contribution is 5.84. The van der Waals surface area contributed by atoms with E-state index in [1.165, 1.54) is 16.3 Å². The molecular formula is C22H25NO3. The first-order valence-corrected chi connectivity index (χ1v) is 8.68. The lowest BCUT2D eigenvalue weighted by Crippen LogP contribution is -2.10. The third kappa shape index (κ3) is 3.85. The van der Waals surface area contributed by atoms with Crippen molar-refractivity contribution in [2.75, 3.05) is 33.2 Å². The first-order chi connectivity index (χ1) is 12.6. The van der Waals surface area contributed by atoms with Crippen LogP contribution in [0, 0.1) is 0 Å². The summed E-state index contributed by atoms with van der Waals surface area (Å²) in [6.45, 7) is 3.05. The normalized spacial score (nSPS) is 11.8. The van der Waals surface area contributed by atoms with Crippen LogP contribution in [-0.4, -0.2) is 27.9 Å². The molecular weight excluding hydrogens is 326 g/mol. The minimum Gasteiger partial charge on any atom is -0.497 e. The Kier molecular flexibility index (Phi) is 5.52. The van der Waals surface area contributed by atoms with E-state index in [-0.39, 0.29) is 0 Å². The summed E-state index contributed by atoms with van der Waals surface area (Å²) in [5, 5.41) is 5.89. The van der Waals surface area contributed by atoms with Gasteiger partial charge >= 0.3 is 0 Å². The number of methoxy groups -OCH3 is 3. The molecule has 1 atom stereocenters. The number of ether oxygens (including phenoxy) is 3. The Morgan fingerprint density at radius 1 is 0.769 bits per heavy atom. The van der Waals surface area contributed by atoms with Crippen LogP contribution in [0.1, 0.15) is 18.4 Å². The van der Waals surface area contributed by atoms with Gasteiger partial charge in [0.15, 0.2) is 11.5 Å². The van der Waals surface area contributed by atoms with E-state index in [0.29, 0.717) is 5.92 Å².